The first-order chi connectivity index (χ1) is 6.25. The first kappa shape index (κ1) is 10.6. The zero-order chi connectivity index (χ0) is 9.68. The molecule has 0 aliphatic carbocycles. The molecule has 2 nitrogen and oxygen atoms in total. The van der Waals surface area contributed by atoms with Crippen LogP contribution < -0.4 is 0 Å². The molecule has 1 aromatic rings. The smallest absolute Gasteiger partial charge is 0.199 e. The molecule has 0 amide bonds. The maximum Gasteiger partial charge on any atom is 0.199 e. The van der Waals surface area contributed by atoms with Gasteiger partial charge < -0.3 is 4.74 Å². The minimum absolute atomic E-state index is 0.00345. The number of hydrogen-bond donors (Lipinski definition) is 0. The largest absolute Gasteiger partial charge is 0.369 e. The SMILES string of the molecule is C=CCOCC(=O)c1sccc1Br. The summed E-state index contributed by atoms with van der Waals surface area (Å²) in [5.41, 5.74) is 0. The number of hydrogen-bond acceptors (Lipinski definition) is 3. The van der Waals surface area contributed by atoms with Crippen molar-refractivity contribution in [2.24, 2.45) is 0 Å². The predicted molar refractivity (Wildman–Crippen MR) is 57.4 cm³/mol. The van der Waals surface area contributed by atoms with E-state index < -0.39 is 0 Å². The number of thiophene rings is 1. The Kier molecular flexibility index (Phi) is 4.35. The molecule has 0 saturated carbocycles. The molecule has 0 saturated heterocycles. The van der Waals surface area contributed by atoms with Gasteiger partial charge in [-0.05, 0) is 27.4 Å². The van der Waals surface area contributed by atoms with E-state index in [2.05, 4.69) is 22.5 Å². The molecule has 0 bridgehead atoms. The van der Waals surface area contributed by atoms with Gasteiger partial charge in [0, 0.05) is 4.47 Å². The fraction of sp³-hybridized carbons (Fsp3) is 0.222. The summed E-state index contributed by atoms with van der Waals surface area (Å²) in [7, 11) is 0. The molecule has 0 spiro atoms. The summed E-state index contributed by atoms with van der Waals surface area (Å²) in [4.78, 5) is 12.1. The lowest BCUT2D eigenvalue weighted by Gasteiger charge is -1.98. The minimum atomic E-state index is 0.00345. The van der Waals surface area contributed by atoms with Gasteiger partial charge in [0.05, 0.1) is 11.5 Å². The zero-order valence-electron chi connectivity index (χ0n) is 6.96. The quantitative estimate of drug-likeness (QED) is 0.463. The number of carbonyl (C=O) groups is 1. The summed E-state index contributed by atoms with van der Waals surface area (Å²) in [6.07, 6.45) is 1.62. The summed E-state index contributed by atoms with van der Waals surface area (Å²) in [5.74, 6) is 0.00345. The van der Waals surface area contributed by atoms with Gasteiger partial charge in [-0.25, -0.2) is 0 Å². The Balaban J connectivity index is 2.49. The summed E-state index contributed by atoms with van der Waals surface area (Å²) < 4.78 is 5.88. The Bertz CT molecular complexity index is 306. The molecule has 13 heavy (non-hydrogen) atoms. The molecule has 0 aromatic carbocycles. The highest BCUT2D eigenvalue weighted by molar-refractivity contribution is 9.10. The predicted octanol–water partition coefficient (Wildman–Crippen LogP) is 2.90. The van der Waals surface area contributed by atoms with Crippen molar-refractivity contribution in [3.05, 3.63) is 33.5 Å². The van der Waals surface area contributed by atoms with Gasteiger partial charge in [0.1, 0.15) is 6.61 Å². The van der Waals surface area contributed by atoms with E-state index in [0.717, 1.165) is 4.47 Å². The molecular weight excluding hydrogens is 252 g/mol. The lowest BCUT2D eigenvalue weighted by Crippen LogP contribution is -2.07. The van der Waals surface area contributed by atoms with Crippen LogP contribution >= 0.6 is 27.3 Å². The third-order valence-corrected chi connectivity index (χ3v) is 3.22. The summed E-state index contributed by atoms with van der Waals surface area (Å²) in [5, 5.41) is 1.87. The summed E-state index contributed by atoms with van der Waals surface area (Å²) in [6, 6.07) is 1.85. The van der Waals surface area contributed by atoms with Crippen molar-refractivity contribution >= 4 is 33.0 Å². The maximum absolute atomic E-state index is 11.4. The monoisotopic (exact) mass is 260 g/mol. The normalized spacial score (nSPS) is 9.92. The molecule has 0 N–H and O–H groups in total. The van der Waals surface area contributed by atoms with Crippen molar-refractivity contribution in [2.45, 2.75) is 0 Å². The highest BCUT2D eigenvalue weighted by Gasteiger charge is 2.10. The van der Waals surface area contributed by atoms with Crippen LogP contribution in [-0.4, -0.2) is 19.0 Å². The van der Waals surface area contributed by atoms with Crippen molar-refractivity contribution in [1.29, 1.82) is 0 Å². The molecule has 0 aliphatic rings. The van der Waals surface area contributed by atoms with Crippen LogP contribution in [-0.2, 0) is 4.74 Å². The number of halogens is 1. The van der Waals surface area contributed by atoms with Gasteiger partial charge in [0.15, 0.2) is 5.78 Å². The topological polar surface area (TPSA) is 26.3 Å². The first-order valence-corrected chi connectivity index (χ1v) is 5.37. The Morgan fingerprint density at radius 2 is 2.54 bits per heavy atom. The number of carbonyl (C=O) groups excluding carboxylic acids is 1. The molecule has 4 heteroatoms. The van der Waals surface area contributed by atoms with Crippen molar-refractivity contribution in [1.82, 2.24) is 0 Å². The van der Waals surface area contributed by atoms with E-state index in [0.29, 0.717) is 11.5 Å². The highest BCUT2D eigenvalue weighted by Crippen LogP contribution is 2.22. The van der Waals surface area contributed by atoms with Crippen molar-refractivity contribution in [3.63, 3.8) is 0 Å². The number of rotatable bonds is 5. The Morgan fingerprint density at radius 3 is 3.08 bits per heavy atom. The van der Waals surface area contributed by atoms with Crippen LogP contribution in [0.4, 0.5) is 0 Å². The van der Waals surface area contributed by atoms with Gasteiger partial charge in [-0.1, -0.05) is 6.08 Å². The Labute approximate surface area is 89.3 Å². The zero-order valence-corrected chi connectivity index (χ0v) is 9.36. The Morgan fingerprint density at radius 1 is 1.77 bits per heavy atom. The van der Waals surface area contributed by atoms with Crippen LogP contribution in [0.1, 0.15) is 9.67 Å². The molecule has 1 aromatic heterocycles. The number of ether oxygens (including phenoxy) is 1. The van der Waals surface area contributed by atoms with Gasteiger partial charge in [-0.3, -0.25) is 4.79 Å². The molecule has 0 aliphatic heterocycles. The van der Waals surface area contributed by atoms with Crippen LogP contribution in [0.5, 0.6) is 0 Å². The Hall–Kier alpha value is -0.450. The molecule has 1 rings (SSSR count). The molecule has 0 unspecified atom stereocenters. The average Bonchev–Trinajstić information content (AvgIpc) is 2.52. The van der Waals surface area contributed by atoms with E-state index in [9.17, 15) is 4.79 Å². The first-order valence-electron chi connectivity index (χ1n) is 3.70. The van der Waals surface area contributed by atoms with E-state index in [1.165, 1.54) is 11.3 Å². The fourth-order valence-electron chi connectivity index (χ4n) is 0.793. The molecule has 1 heterocycles. The average molecular weight is 261 g/mol. The molecule has 0 radical (unpaired) electrons. The van der Waals surface area contributed by atoms with Gasteiger partial charge >= 0.3 is 0 Å². The van der Waals surface area contributed by atoms with Crippen LogP contribution in [0.2, 0.25) is 0 Å². The third kappa shape index (κ3) is 3.06. The van der Waals surface area contributed by atoms with Crippen molar-refractivity contribution < 1.29 is 9.53 Å². The number of Topliss-reactive ketones (excluding diaryl/α,β-unsaturated/α-hetero) is 1. The second kappa shape index (κ2) is 5.32. The van der Waals surface area contributed by atoms with Crippen LogP contribution in [0.3, 0.4) is 0 Å². The van der Waals surface area contributed by atoms with E-state index in [4.69, 9.17) is 4.74 Å². The second-order valence-corrected chi connectivity index (χ2v) is 4.10. The van der Waals surface area contributed by atoms with Crippen LogP contribution in [0.25, 0.3) is 0 Å². The van der Waals surface area contributed by atoms with Crippen molar-refractivity contribution in [3.8, 4) is 0 Å². The van der Waals surface area contributed by atoms with E-state index in [1.54, 1.807) is 6.08 Å². The maximum atomic E-state index is 11.4. The fourth-order valence-corrected chi connectivity index (χ4v) is 2.31. The van der Waals surface area contributed by atoms with Crippen molar-refractivity contribution in [2.75, 3.05) is 13.2 Å². The number of ketones is 1. The molecule has 0 fully saturated rings. The minimum Gasteiger partial charge on any atom is -0.369 e. The molecular formula is C9H9BrO2S. The standard InChI is InChI=1S/C9H9BrO2S/c1-2-4-12-6-8(11)9-7(10)3-5-13-9/h2-3,5H,1,4,6H2. The van der Waals surface area contributed by atoms with E-state index in [1.807, 2.05) is 11.4 Å². The van der Waals surface area contributed by atoms with Gasteiger partial charge in [-0.15, -0.1) is 17.9 Å². The lowest BCUT2D eigenvalue weighted by atomic mass is 10.3. The van der Waals surface area contributed by atoms with Gasteiger partial charge in [0.2, 0.25) is 0 Å². The molecule has 0 atom stereocenters. The second-order valence-electron chi connectivity index (χ2n) is 2.32. The molecule has 70 valence electrons. The van der Waals surface area contributed by atoms with Gasteiger partial charge in [0.25, 0.3) is 0 Å². The third-order valence-electron chi connectivity index (χ3n) is 1.34. The summed E-state index contributed by atoms with van der Waals surface area (Å²) >= 11 is 4.70. The lowest BCUT2D eigenvalue weighted by molar-refractivity contribution is 0.0810. The van der Waals surface area contributed by atoms with Gasteiger partial charge in [-0.2, -0.15) is 0 Å². The van der Waals surface area contributed by atoms with Crippen LogP contribution in [0.15, 0.2) is 28.6 Å². The van der Waals surface area contributed by atoms with E-state index >= 15 is 0 Å². The van der Waals surface area contributed by atoms with E-state index in [-0.39, 0.29) is 12.4 Å². The highest BCUT2D eigenvalue weighted by atomic mass is 79.9. The van der Waals surface area contributed by atoms with Crippen LogP contribution in [0, 0.1) is 0 Å². The summed E-state index contributed by atoms with van der Waals surface area (Å²) in [6.45, 7) is 4.02.